The van der Waals surface area contributed by atoms with Crippen molar-refractivity contribution in [3.05, 3.63) is 65.0 Å². The van der Waals surface area contributed by atoms with E-state index in [1.54, 1.807) is 19.0 Å². The summed E-state index contributed by atoms with van der Waals surface area (Å²) in [5.74, 6) is 0.664. The number of nitrogens with two attached hydrogens (primary N) is 1. The number of nitrogens with zero attached hydrogens (tertiary/aromatic N) is 5. The summed E-state index contributed by atoms with van der Waals surface area (Å²) >= 11 is 0. The molecule has 1 aromatic heterocycles. The average Bonchev–Trinajstić information content (AvgIpc) is 3.56. The van der Waals surface area contributed by atoms with Gasteiger partial charge in [0.1, 0.15) is 0 Å². The molecule has 2 heterocycles. The Hall–Kier alpha value is -3.76. The maximum Gasteiger partial charge on any atom is 0.238 e. The number of anilines is 1. The van der Waals surface area contributed by atoms with Gasteiger partial charge in [0.25, 0.3) is 0 Å². The van der Waals surface area contributed by atoms with E-state index in [1.165, 1.54) is 11.1 Å². The number of aryl methyl sites for hydroxylation is 2. The molecule has 2 aromatic carbocycles. The molecule has 0 bridgehead atoms. The number of hydrogen-bond acceptors (Lipinski definition) is 8. The average molecular weight is 534 g/mol. The van der Waals surface area contributed by atoms with Gasteiger partial charge in [-0.15, -0.1) is 0 Å². The molecular formula is C29H39N7O3. The number of rotatable bonds is 11. The van der Waals surface area contributed by atoms with Gasteiger partial charge >= 0.3 is 0 Å². The standard InChI is InChI=1S/C29H39N7O3/c1-6-21-11-12-22(29-31-20(4)39-33-29)13-26(21)36(19(2)3)18-25(32-27(37)15-30)14-28(38)34(5)35-16-23-9-7-8-10-24(23)17-35/h7-13,19,25H,6,14-18,30H2,1-5H3,(H,32,37). The smallest absolute Gasteiger partial charge is 0.238 e. The van der Waals surface area contributed by atoms with Crippen molar-refractivity contribution >= 4 is 17.5 Å². The number of carbonyl (C=O) groups excluding carboxylic acids is 2. The molecule has 4 rings (SSSR count). The maximum atomic E-state index is 13.5. The predicted octanol–water partition coefficient (Wildman–Crippen LogP) is 3.05. The second-order valence-corrected chi connectivity index (χ2v) is 10.3. The highest BCUT2D eigenvalue weighted by molar-refractivity contribution is 5.81. The van der Waals surface area contributed by atoms with Gasteiger partial charge in [-0.25, -0.2) is 5.01 Å². The van der Waals surface area contributed by atoms with Gasteiger partial charge < -0.3 is 20.5 Å². The van der Waals surface area contributed by atoms with Crippen molar-refractivity contribution in [1.29, 1.82) is 0 Å². The van der Waals surface area contributed by atoms with Crippen molar-refractivity contribution in [2.24, 2.45) is 5.73 Å². The van der Waals surface area contributed by atoms with Gasteiger partial charge in [-0.1, -0.05) is 48.5 Å². The van der Waals surface area contributed by atoms with Gasteiger partial charge in [-0.2, -0.15) is 4.98 Å². The van der Waals surface area contributed by atoms with Crippen molar-refractivity contribution in [3.8, 4) is 11.4 Å². The topological polar surface area (TPSA) is 121 Å². The number of nitrogens with one attached hydrogen (secondary N) is 1. The summed E-state index contributed by atoms with van der Waals surface area (Å²) in [5.41, 5.74) is 11.1. The van der Waals surface area contributed by atoms with Crippen LogP contribution in [0.2, 0.25) is 0 Å². The Morgan fingerprint density at radius 3 is 2.41 bits per heavy atom. The van der Waals surface area contributed by atoms with E-state index in [0.29, 0.717) is 31.3 Å². The Morgan fingerprint density at radius 2 is 1.85 bits per heavy atom. The number of carbonyl (C=O) groups is 2. The summed E-state index contributed by atoms with van der Waals surface area (Å²) in [7, 11) is 1.79. The molecule has 1 unspecified atom stereocenters. The van der Waals surface area contributed by atoms with Gasteiger partial charge in [0.2, 0.25) is 23.5 Å². The van der Waals surface area contributed by atoms with E-state index in [0.717, 1.165) is 23.2 Å². The normalized spacial score (nSPS) is 13.8. The lowest BCUT2D eigenvalue weighted by molar-refractivity contribution is -0.147. The first-order valence-electron chi connectivity index (χ1n) is 13.5. The van der Waals surface area contributed by atoms with E-state index in [9.17, 15) is 9.59 Å². The van der Waals surface area contributed by atoms with Crippen LogP contribution in [0.15, 0.2) is 47.0 Å². The number of aromatic nitrogens is 2. The predicted molar refractivity (Wildman–Crippen MR) is 150 cm³/mol. The number of hydrazine groups is 1. The van der Waals surface area contributed by atoms with Gasteiger partial charge in [0.05, 0.1) is 19.0 Å². The van der Waals surface area contributed by atoms with Crippen LogP contribution in [0.5, 0.6) is 0 Å². The van der Waals surface area contributed by atoms with Crippen LogP contribution in [0.4, 0.5) is 5.69 Å². The molecule has 2 amide bonds. The van der Waals surface area contributed by atoms with E-state index in [4.69, 9.17) is 10.3 Å². The van der Waals surface area contributed by atoms with Gasteiger partial charge in [0, 0.05) is 50.9 Å². The van der Waals surface area contributed by atoms with Crippen LogP contribution in [0.1, 0.15) is 49.8 Å². The van der Waals surface area contributed by atoms with E-state index in [1.807, 2.05) is 23.2 Å². The molecule has 0 spiro atoms. The number of hydrogen-bond donors (Lipinski definition) is 2. The van der Waals surface area contributed by atoms with Crippen molar-refractivity contribution in [2.75, 3.05) is 25.0 Å². The molecule has 10 nitrogen and oxygen atoms in total. The number of amides is 2. The van der Waals surface area contributed by atoms with Crippen molar-refractivity contribution in [3.63, 3.8) is 0 Å². The van der Waals surface area contributed by atoms with Gasteiger partial charge in [0.15, 0.2) is 0 Å². The number of fused-ring (bicyclic) bond motifs is 1. The molecule has 1 aliphatic heterocycles. The SMILES string of the molecule is CCc1ccc(-c2noc(C)n2)cc1N(CC(CC(=O)N(C)N1Cc2ccccc2C1)NC(=O)CN)C(C)C. The molecule has 0 aliphatic carbocycles. The van der Waals surface area contributed by atoms with Crippen LogP contribution < -0.4 is 16.0 Å². The first-order chi connectivity index (χ1) is 18.7. The highest BCUT2D eigenvalue weighted by Crippen LogP contribution is 2.30. The summed E-state index contributed by atoms with van der Waals surface area (Å²) in [4.78, 5) is 32.5. The Morgan fingerprint density at radius 1 is 1.15 bits per heavy atom. The molecule has 3 aromatic rings. The molecule has 39 heavy (non-hydrogen) atoms. The van der Waals surface area contributed by atoms with E-state index < -0.39 is 6.04 Å². The fourth-order valence-corrected chi connectivity index (χ4v) is 4.99. The van der Waals surface area contributed by atoms with E-state index in [2.05, 4.69) is 65.4 Å². The summed E-state index contributed by atoms with van der Waals surface area (Å²) in [6, 6.07) is 14.0. The highest BCUT2D eigenvalue weighted by atomic mass is 16.5. The zero-order chi connectivity index (χ0) is 28.1. The van der Waals surface area contributed by atoms with Crippen LogP contribution in [-0.4, -0.2) is 64.2 Å². The fourth-order valence-electron chi connectivity index (χ4n) is 4.99. The molecule has 1 aliphatic rings. The van der Waals surface area contributed by atoms with E-state index in [-0.39, 0.29) is 30.8 Å². The molecule has 10 heteroatoms. The Bertz CT molecular complexity index is 1280. The largest absolute Gasteiger partial charge is 0.367 e. The maximum absolute atomic E-state index is 13.5. The molecule has 0 saturated carbocycles. The Kier molecular flexibility index (Phi) is 8.98. The summed E-state index contributed by atoms with van der Waals surface area (Å²) < 4.78 is 5.19. The van der Waals surface area contributed by atoms with Gasteiger partial charge in [-0.3, -0.25) is 14.6 Å². The lowest BCUT2D eigenvalue weighted by Crippen LogP contribution is -2.51. The zero-order valence-corrected chi connectivity index (χ0v) is 23.5. The molecule has 0 radical (unpaired) electrons. The van der Waals surface area contributed by atoms with Crippen molar-refractivity contribution in [2.45, 2.75) is 65.7 Å². The van der Waals surface area contributed by atoms with Crippen LogP contribution in [0, 0.1) is 6.92 Å². The fraction of sp³-hybridized carbons (Fsp3) is 0.448. The first-order valence-corrected chi connectivity index (χ1v) is 13.5. The van der Waals surface area contributed by atoms with Crippen LogP contribution in [0.3, 0.4) is 0 Å². The minimum Gasteiger partial charge on any atom is -0.367 e. The van der Waals surface area contributed by atoms with Crippen LogP contribution in [-0.2, 0) is 29.1 Å². The first kappa shape index (κ1) is 28.3. The van der Waals surface area contributed by atoms with Crippen LogP contribution in [0.25, 0.3) is 11.4 Å². The van der Waals surface area contributed by atoms with Crippen LogP contribution >= 0.6 is 0 Å². The second kappa shape index (κ2) is 12.4. The lowest BCUT2D eigenvalue weighted by atomic mass is 10.0. The Labute approximate surface area is 230 Å². The molecule has 3 N–H and O–H groups in total. The van der Waals surface area contributed by atoms with E-state index >= 15 is 0 Å². The highest BCUT2D eigenvalue weighted by Gasteiger charge is 2.29. The third-order valence-corrected chi connectivity index (χ3v) is 7.18. The third kappa shape index (κ3) is 6.63. The number of benzene rings is 2. The quantitative estimate of drug-likeness (QED) is 0.386. The molecule has 208 valence electrons. The minimum atomic E-state index is -0.441. The second-order valence-electron chi connectivity index (χ2n) is 10.3. The zero-order valence-electron chi connectivity index (χ0n) is 23.5. The van der Waals surface area contributed by atoms with Crippen molar-refractivity contribution in [1.82, 2.24) is 25.5 Å². The minimum absolute atomic E-state index is 0.0689. The Balaban J connectivity index is 1.56. The molecular weight excluding hydrogens is 494 g/mol. The van der Waals surface area contributed by atoms with Gasteiger partial charge in [-0.05, 0) is 43.0 Å². The summed E-state index contributed by atoms with van der Waals surface area (Å²) in [6.07, 6.45) is 0.963. The summed E-state index contributed by atoms with van der Waals surface area (Å²) in [5, 5.41) is 10.8. The molecule has 0 saturated heterocycles. The van der Waals surface area contributed by atoms with Crippen molar-refractivity contribution < 1.29 is 14.1 Å². The monoisotopic (exact) mass is 533 g/mol. The molecule has 0 fully saturated rings. The third-order valence-electron chi connectivity index (χ3n) is 7.18. The molecule has 1 atom stereocenters. The lowest BCUT2D eigenvalue weighted by Gasteiger charge is -2.36. The summed E-state index contributed by atoms with van der Waals surface area (Å²) in [6.45, 7) is 9.72.